The second kappa shape index (κ2) is 7.62. The van der Waals surface area contributed by atoms with Gasteiger partial charge in [0.1, 0.15) is 11.6 Å². The van der Waals surface area contributed by atoms with Crippen molar-refractivity contribution in [2.75, 3.05) is 13.1 Å². The molecule has 2 aromatic heterocycles. The molecule has 3 heterocycles. The third-order valence-corrected chi connectivity index (χ3v) is 5.54. The van der Waals surface area contributed by atoms with Gasteiger partial charge in [0.25, 0.3) is 5.91 Å². The van der Waals surface area contributed by atoms with Crippen LogP contribution in [0.1, 0.15) is 41.9 Å². The number of piperidine rings is 1. The van der Waals surface area contributed by atoms with Gasteiger partial charge >= 0.3 is 5.69 Å². The van der Waals surface area contributed by atoms with Crippen molar-refractivity contribution in [2.24, 2.45) is 7.05 Å². The van der Waals surface area contributed by atoms with Crippen molar-refractivity contribution in [2.45, 2.75) is 32.2 Å². The minimum Gasteiger partial charge on any atom is -0.507 e. The van der Waals surface area contributed by atoms with Crippen LogP contribution >= 0.6 is 0 Å². The lowest BCUT2D eigenvalue weighted by Gasteiger charge is -2.32. The number of aromatic nitrogens is 4. The molecule has 1 aliphatic rings. The fraction of sp³-hybridized carbons (Fsp3) is 0.381. The molecular formula is C21H25N5O3. The predicted octanol–water partition coefficient (Wildman–Crippen LogP) is 2.12. The van der Waals surface area contributed by atoms with Gasteiger partial charge in [0.15, 0.2) is 0 Å². The lowest BCUT2D eigenvalue weighted by Crippen LogP contribution is -2.40. The summed E-state index contributed by atoms with van der Waals surface area (Å²) >= 11 is 0. The standard InChI is InChI=1S/C21H25N5O3/c1-3-26-19(22-23(2)21(26)29)15-7-6-12-25(14-15)20(28)17-13-16(8-9-18(17)27)24-10-4-5-11-24/h4-5,8-11,13,15,27H,3,6-7,12,14H2,1-2H3/t15-/m1/s1. The molecule has 0 aliphatic carbocycles. The lowest BCUT2D eigenvalue weighted by atomic mass is 9.96. The molecule has 1 N–H and O–H groups in total. The van der Waals surface area contributed by atoms with Gasteiger partial charge in [0.2, 0.25) is 0 Å². The van der Waals surface area contributed by atoms with Crippen molar-refractivity contribution < 1.29 is 9.90 Å². The van der Waals surface area contributed by atoms with Gasteiger partial charge in [-0.25, -0.2) is 9.48 Å². The van der Waals surface area contributed by atoms with Crippen molar-refractivity contribution in [3.63, 3.8) is 0 Å². The summed E-state index contributed by atoms with van der Waals surface area (Å²) in [7, 11) is 1.65. The summed E-state index contributed by atoms with van der Waals surface area (Å²) in [4.78, 5) is 27.2. The molecule has 1 fully saturated rings. The van der Waals surface area contributed by atoms with E-state index >= 15 is 0 Å². The Labute approximate surface area is 168 Å². The van der Waals surface area contributed by atoms with Crippen LogP contribution in [0, 0.1) is 0 Å². The van der Waals surface area contributed by atoms with Crippen LogP contribution < -0.4 is 5.69 Å². The number of phenolic OH excluding ortho intramolecular Hbond substituents is 1. The van der Waals surface area contributed by atoms with Crippen LogP contribution in [0.2, 0.25) is 0 Å². The first kappa shape index (κ1) is 19.0. The summed E-state index contributed by atoms with van der Waals surface area (Å²) in [6.07, 6.45) is 5.48. The number of hydrogen-bond acceptors (Lipinski definition) is 4. The Kier molecular flexibility index (Phi) is 5.00. The van der Waals surface area contributed by atoms with E-state index in [-0.39, 0.29) is 28.8 Å². The SMILES string of the molecule is CCn1c([C@@H]2CCCN(C(=O)c3cc(-n4cccc4)ccc3O)C2)nn(C)c1=O. The molecule has 1 aromatic carbocycles. The Morgan fingerprint density at radius 2 is 2.03 bits per heavy atom. The van der Waals surface area contributed by atoms with Gasteiger partial charge in [-0.2, -0.15) is 5.10 Å². The number of rotatable bonds is 4. The first-order valence-corrected chi connectivity index (χ1v) is 9.89. The average molecular weight is 395 g/mol. The summed E-state index contributed by atoms with van der Waals surface area (Å²) in [6, 6.07) is 8.86. The van der Waals surface area contributed by atoms with E-state index in [1.807, 2.05) is 36.0 Å². The Morgan fingerprint density at radius 3 is 2.76 bits per heavy atom. The molecule has 1 saturated heterocycles. The van der Waals surface area contributed by atoms with Crippen LogP contribution in [0.25, 0.3) is 5.69 Å². The average Bonchev–Trinajstić information content (AvgIpc) is 3.37. The van der Waals surface area contributed by atoms with Crippen LogP contribution in [0.3, 0.4) is 0 Å². The van der Waals surface area contributed by atoms with Gasteiger partial charge in [-0.3, -0.25) is 9.36 Å². The molecule has 4 rings (SSSR count). The van der Waals surface area contributed by atoms with Crippen molar-refractivity contribution >= 4 is 5.91 Å². The number of carbonyl (C=O) groups is 1. The Balaban J connectivity index is 1.61. The highest BCUT2D eigenvalue weighted by Gasteiger charge is 2.30. The maximum absolute atomic E-state index is 13.2. The number of likely N-dealkylation sites (tertiary alicyclic amines) is 1. The molecule has 29 heavy (non-hydrogen) atoms. The maximum atomic E-state index is 13.2. The van der Waals surface area contributed by atoms with Crippen LogP contribution in [-0.2, 0) is 13.6 Å². The quantitative estimate of drug-likeness (QED) is 0.733. The van der Waals surface area contributed by atoms with Crippen LogP contribution in [0.5, 0.6) is 5.75 Å². The molecule has 0 radical (unpaired) electrons. The van der Waals surface area contributed by atoms with E-state index in [4.69, 9.17) is 0 Å². The number of amides is 1. The zero-order chi connectivity index (χ0) is 20.5. The summed E-state index contributed by atoms with van der Waals surface area (Å²) < 4.78 is 4.91. The van der Waals surface area contributed by atoms with Gasteiger partial charge in [-0.05, 0) is 50.1 Å². The molecule has 0 unspecified atom stereocenters. The second-order valence-corrected chi connectivity index (χ2v) is 7.39. The highest BCUT2D eigenvalue weighted by molar-refractivity contribution is 5.97. The third-order valence-electron chi connectivity index (χ3n) is 5.54. The third kappa shape index (κ3) is 3.46. The normalized spacial score (nSPS) is 16.9. The molecule has 0 saturated carbocycles. The van der Waals surface area contributed by atoms with E-state index in [0.29, 0.717) is 19.6 Å². The zero-order valence-electron chi connectivity index (χ0n) is 16.7. The monoisotopic (exact) mass is 395 g/mol. The Hall–Kier alpha value is -3.29. The molecule has 1 atom stereocenters. The summed E-state index contributed by atoms with van der Waals surface area (Å²) in [5.74, 6) is 0.484. The number of phenols is 1. The van der Waals surface area contributed by atoms with E-state index in [9.17, 15) is 14.7 Å². The second-order valence-electron chi connectivity index (χ2n) is 7.39. The molecule has 152 valence electrons. The molecule has 8 nitrogen and oxygen atoms in total. The van der Waals surface area contributed by atoms with Crippen molar-refractivity contribution in [3.05, 3.63) is 64.6 Å². The largest absolute Gasteiger partial charge is 0.507 e. The van der Waals surface area contributed by atoms with Crippen LogP contribution in [-0.4, -0.2) is 47.9 Å². The van der Waals surface area contributed by atoms with Gasteiger partial charge in [0.05, 0.1) is 5.56 Å². The molecule has 1 aliphatic heterocycles. The Bertz CT molecular complexity index is 1080. The molecule has 0 spiro atoms. The summed E-state index contributed by atoms with van der Waals surface area (Å²) in [5.41, 5.74) is 0.961. The van der Waals surface area contributed by atoms with Crippen LogP contribution in [0.4, 0.5) is 0 Å². The van der Waals surface area contributed by atoms with Gasteiger partial charge in [-0.15, -0.1) is 0 Å². The number of aromatic hydroxyl groups is 1. The molecule has 3 aromatic rings. The van der Waals surface area contributed by atoms with Gasteiger partial charge < -0.3 is 14.6 Å². The number of nitrogens with zero attached hydrogens (tertiary/aromatic N) is 5. The predicted molar refractivity (Wildman–Crippen MR) is 108 cm³/mol. The number of benzene rings is 1. The first-order valence-electron chi connectivity index (χ1n) is 9.89. The highest BCUT2D eigenvalue weighted by atomic mass is 16.3. The highest BCUT2D eigenvalue weighted by Crippen LogP contribution is 2.29. The summed E-state index contributed by atoms with van der Waals surface area (Å²) in [6.45, 7) is 3.56. The first-order chi connectivity index (χ1) is 14.0. The lowest BCUT2D eigenvalue weighted by molar-refractivity contribution is 0.0700. The van der Waals surface area contributed by atoms with E-state index in [2.05, 4.69) is 5.10 Å². The smallest absolute Gasteiger partial charge is 0.345 e. The maximum Gasteiger partial charge on any atom is 0.345 e. The van der Waals surface area contributed by atoms with Gasteiger partial charge in [0, 0.05) is 50.7 Å². The van der Waals surface area contributed by atoms with E-state index < -0.39 is 0 Å². The topological polar surface area (TPSA) is 85.3 Å². The van der Waals surface area contributed by atoms with E-state index in [0.717, 1.165) is 24.4 Å². The van der Waals surface area contributed by atoms with Crippen molar-refractivity contribution in [3.8, 4) is 11.4 Å². The zero-order valence-corrected chi connectivity index (χ0v) is 16.7. The number of hydrogen-bond donors (Lipinski definition) is 1. The minimum absolute atomic E-state index is 0.00340. The number of carbonyl (C=O) groups excluding carboxylic acids is 1. The van der Waals surface area contributed by atoms with Crippen molar-refractivity contribution in [1.82, 2.24) is 23.8 Å². The fourth-order valence-corrected chi connectivity index (χ4v) is 4.03. The van der Waals surface area contributed by atoms with Crippen LogP contribution in [0.15, 0.2) is 47.5 Å². The minimum atomic E-state index is -0.206. The van der Waals surface area contributed by atoms with Gasteiger partial charge in [-0.1, -0.05) is 0 Å². The fourth-order valence-electron chi connectivity index (χ4n) is 4.03. The molecule has 0 bridgehead atoms. The van der Waals surface area contributed by atoms with E-state index in [1.165, 1.54) is 4.68 Å². The summed E-state index contributed by atoms with van der Waals surface area (Å²) in [5, 5.41) is 14.7. The Morgan fingerprint density at radius 1 is 1.28 bits per heavy atom. The molecular weight excluding hydrogens is 370 g/mol. The van der Waals surface area contributed by atoms with Crippen molar-refractivity contribution in [1.29, 1.82) is 0 Å². The van der Waals surface area contributed by atoms with E-state index in [1.54, 1.807) is 34.7 Å². The number of aryl methyl sites for hydroxylation is 1. The molecule has 1 amide bonds. The molecule has 8 heteroatoms.